The van der Waals surface area contributed by atoms with Gasteiger partial charge in [0.1, 0.15) is 17.4 Å². The summed E-state index contributed by atoms with van der Waals surface area (Å²) in [5, 5.41) is 0. The second-order valence-corrected chi connectivity index (χ2v) is 6.59. The van der Waals surface area contributed by atoms with Gasteiger partial charge in [-0.25, -0.2) is 9.37 Å². The lowest BCUT2D eigenvalue weighted by atomic mass is 10.0. The van der Waals surface area contributed by atoms with E-state index in [9.17, 15) is 9.18 Å². The second kappa shape index (κ2) is 7.32. The lowest BCUT2D eigenvalue weighted by Gasteiger charge is -2.28. The minimum atomic E-state index is -0.299. The van der Waals surface area contributed by atoms with Gasteiger partial charge in [-0.05, 0) is 12.1 Å². The molecule has 4 rings (SSSR count). The summed E-state index contributed by atoms with van der Waals surface area (Å²) in [4.78, 5) is 22.2. The predicted octanol–water partition coefficient (Wildman–Crippen LogP) is 3.14. The van der Waals surface area contributed by atoms with Crippen molar-refractivity contribution >= 4 is 0 Å². The van der Waals surface area contributed by atoms with E-state index in [4.69, 9.17) is 4.74 Å². The molecule has 0 atom stereocenters. The Kier molecular flexibility index (Phi) is 4.73. The average molecular weight is 365 g/mol. The fourth-order valence-corrected chi connectivity index (χ4v) is 3.46. The number of fused-ring (bicyclic) bond motifs is 1. The first-order chi connectivity index (χ1) is 13.2. The van der Waals surface area contributed by atoms with E-state index in [1.54, 1.807) is 12.1 Å². The molecule has 2 aromatic carbocycles. The summed E-state index contributed by atoms with van der Waals surface area (Å²) in [6.07, 6.45) is 0.649. The quantitative estimate of drug-likeness (QED) is 0.772. The number of aromatic nitrogens is 2. The number of nitrogens with zero attached hydrogens (tertiary/aromatic N) is 2. The summed E-state index contributed by atoms with van der Waals surface area (Å²) in [6, 6.07) is 14.4. The monoisotopic (exact) mass is 365 g/mol. The van der Waals surface area contributed by atoms with Crippen molar-refractivity contribution < 1.29 is 9.13 Å². The van der Waals surface area contributed by atoms with Crippen LogP contribution in [0.1, 0.15) is 16.8 Å². The highest BCUT2D eigenvalue weighted by Gasteiger charge is 2.23. The Balaban J connectivity index is 1.60. The van der Waals surface area contributed by atoms with Crippen LogP contribution in [0.2, 0.25) is 0 Å². The number of H-pyrrole nitrogens is 1. The van der Waals surface area contributed by atoms with Crippen LogP contribution in [0, 0.1) is 5.82 Å². The van der Waals surface area contributed by atoms with Crippen LogP contribution in [0.25, 0.3) is 11.4 Å². The first-order valence-corrected chi connectivity index (χ1v) is 8.87. The van der Waals surface area contributed by atoms with Crippen molar-refractivity contribution in [3.8, 4) is 17.1 Å². The zero-order chi connectivity index (χ0) is 18.8. The molecule has 0 saturated carbocycles. The second-order valence-electron chi connectivity index (χ2n) is 6.59. The van der Waals surface area contributed by atoms with Crippen LogP contribution in [-0.4, -0.2) is 28.5 Å². The Morgan fingerprint density at radius 2 is 2.00 bits per heavy atom. The van der Waals surface area contributed by atoms with Gasteiger partial charge in [-0.1, -0.05) is 36.4 Å². The molecule has 5 nitrogen and oxygen atoms in total. The summed E-state index contributed by atoms with van der Waals surface area (Å²) in [5.41, 5.74) is 2.72. The first-order valence-electron chi connectivity index (χ1n) is 8.87. The number of ether oxygens (including phenoxy) is 1. The molecule has 1 aliphatic heterocycles. The van der Waals surface area contributed by atoms with Crippen LogP contribution < -0.4 is 10.3 Å². The first kappa shape index (κ1) is 17.4. The van der Waals surface area contributed by atoms with Crippen LogP contribution in [0.3, 0.4) is 0 Å². The number of nitrogens with one attached hydrogen (secondary N) is 1. The summed E-state index contributed by atoms with van der Waals surface area (Å²) < 4.78 is 19.5. The van der Waals surface area contributed by atoms with Gasteiger partial charge in [-0.15, -0.1) is 0 Å². The Labute approximate surface area is 156 Å². The number of rotatable bonds is 4. The molecule has 3 aromatic rings. The van der Waals surface area contributed by atoms with Gasteiger partial charge in [-0.3, -0.25) is 9.69 Å². The molecule has 0 fully saturated rings. The van der Waals surface area contributed by atoms with Crippen LogP contribution in [0.15, 0.2) is 53.3 Å². The van der Waals surface area contributed by atoms with Crippen molar-refractivity contribution in [3.05, 3.63) is 81.5 Å². The third kappa shape index (κ3) is 3.48. The summed E-state index contributed by atoms with van der Waals surface area (Å²) in [6.45, 7) is 1.52. The van der Waals surface area contributed by atoms with Crippen LogP contribution >= 0.6 is 0 Å². The van der Waals surface area contributed by atoms with Crippen molar-refractivity contribution in [3.63, 3.8) is 0 Å². The largest absolute Gasteiger partial charge is 0.496 e. The Bertz CT molecular complexity index is 1020. The zero-order valence-electron chi connectivity index (χ0n) is 15.0. The number of methoxy groups -OCH3 is 1. The topological polar surface area (TPSA) is 58.2 Å². The minimum absolute atomic E-state index is 0.135. The van der Waals surface area contributed by atoms with Crippen LogP contribution in [0.5, 0.6) is 5.75 Å². The molecule has 0 unspecified atom stereocenters. The van der Waals surface area contributed by atoms with E-state index in [2.05, 4.69) is 9.97 Å². The highest BCUT2D eigenvalue weighted by atomic mass is 19.1. The van der Waals surface area contributed by atoms with E-state index in [-0.39, 0.29) is 11.4 Å². The van der Waals surface area contributed by atoms with Crippen molar-refractivity contribution in [1.82, 2.24) is 14.9 Å². The molecule has 1 aromatic heterocycles. The van der Waals surface area contributed by atoms with Crippen molar-refractivity contribution in [2.45, 2.75) is 19.5 Å². The maximum atomic E-state index is 14.2. The SMILES string of the molecule is COc1cccc(F)c1CN1CCc2nc(-c3ccccc3)[nH]c(=O)c2C1. The van der Waals surface area contributed by atoms with Gasteiger partial charge < -0.3 is 9.72 Å². The molecule has 0 bridgehead atoms. The molecule has 138 valence electrons. The third-order valence-corrected chi connectivity index (χ3v) is 4.87. The molecule has 1 N–H and O–H groups in total. The number of benzene rings is 2. The lowest BCUT2D eigenvalue weighted by Crippen LogP contribution is -2.35. The standard InChI is InChI=1S/C21H20FN3O2/c1-27-19-9-5-8-17(22)15(19)12-25-11-10-18-16(13-25)21(26)24-20(23-18)14-6-3-2-4-7-14/h2-9H,10-13H2,1H3,(H,23,24,26). The summed E-state index contributed by atoms with van der Waals surface area (Å²) >= 11 is 0. The fourth-order valence-electron chi connectivity index (χ4n) is 3.46. The third-order valence-electron chi connectivity index (χ3n) is 4.87. The summed E-state index contributed by atoms with van der Waals surface area (Å²) in [5.74, 6) is 0.808. The van der Waals surface area contributed by atoms with Gasteiger partial charge in [-0.2, -0.15) is 0 Å². The molecule has 2 heterocycles. The molecule has 0 amide bonds. The van der Waals surface area contributed by atoms with E-state index in [0.29, 0.717) is 48.8 Å². The van der Waals surface area contributed by atoms with Crippen LogP contribution in [-0.2, 0) is 19.5 Å². The van der Waals surface area contributed by atoms with Crippen molar-refractivity contribution in [1.29, 1.82) is 0 Å². The van der Waals surface area contributed by atoms with Gasteiger partial charge in [0.05, 0.1) is 18.4 Å². The van der Waals surface area contributed by atoms with E-state index < -0.39 is 0 Å². The molecule has 0 aliphatic carbocycles. The number of hydrogen-bond acceptors (Lipinski definition) is 4. The van der Waals surface area contributed by atoms with E-state index in [0.717, 1.165) is 11.3 Å². The fraction of sp³-hybridized carbons (Fsp3) is 0.238. The van der Waals surface area contributed by atoms with Gasteiger partial charge in [0.2, 0.25) is 0 Å². The molecule has 27 heavy (non-hydrogen) atoms. The number of halogens is 1. The van der Waals surface area contributed by atoms with E-state index >= 15 is 0 Å². The molecule has 0 spiro atoms. The highest BCUT2D eigenvalue weighted by molar-refractivity contribution is 5.54. The zero-order valence-corrected chi connectivity index (χ0v) is 15.0. The predicted molar refractivity (Wildman–Crippen MR) is 101 cm³/mol. The Morgan fingerprint density at radius 1 is 1.19 bits per heavy atom. The van der Waals surface area contributed by atoms with E-state index in [1.807, 2.05) is 35.2 Å². The average Bonchev–Trinajstić information content (AvgIpc) is 2.70. The van der Waals surface area contributed by atoms with Gasteiger partial charge in [0, 0.05) is 37.2 Å². The molecule has 0 radical (unpaired) electrons. The summed E-state index contributed by atoms with van der Waals surface area (Å²) in [7, 11) is 1.53. The van der Waals surface area contributed by atoms with Crippen molar-refractivity contribution in [2.75, 3.05) is 13.7 Å². The smallest absolute Gasteiger partial charge is 0.255 e. The maximum absolute atomic E-state index is 14.2. The maximum Gasteiger partial charge on any atom is 0.255 e. The molecular weight excluding hydrogens is 345 g/mol. The van der Waals surface area contributed by atoms with E-state index in [1.165, 1.54) is 13.2 Å². The molecule has 6 heteroatoms. The molecule has 0 saturated heterocycles. The van der Waals surface area contributed by atoms with Gasteiger partial charge in [0.15, 0.2) is 0 Å². The highest BCUT2D eigenvalue weighted by Crippen LogP contribution is 2.25. The normalized spacial score (nSPS) is 14.0. The lowest BCUT2D eigenvalue weighted by molar-refractivity contribution is 0.234. The molecule has 1 aliphatic rings. The van der Waals surface area contributed by atoms with Crippen molar-refractivity contribution in [2.24, 2.45) is 0 Å². The van der Waals surface area contributed by atoms with Gasteiger partial charge >= 0.3 is 0 Å². The molecular formula is C21H20FN3O2. The number of aromatic amines is 1. The van der Waals surface area contributed by atoms with Crippen LogP contribution in [0.4, 0.5) is 4.39 Å². The van der Waals surface area contributed by atoms with Gasteiger partial charge in [0.25, 0.3) is 5.56 Å². The minimum Gasteiger partial charge on any atom is -0.496 e. The Hall–Kier alpha value is -2.99. The Morgan fingerprint density at radius 3 is 2.78 bits per heavy atom. The number of hydrogen-bond donors (Lipinski definition) is 1.